The summed E-state index contributed by atoms with van der Waals surface area (Å²) in [6.45, 7) is 14.1. The molecule has 45 heavy (non-hydrogen) atoms. The molecule has 0 spiro atoms. The molecular formula is C37H68O8. The summed E-state index contributed by atoms with van der Waals surface area (Å²) in [5, 5.41) is 0. The minimum absolute atomic E-state index is 0.133. The first-order valence-corrected chi connectivity index (χ1v) is 18.2. The zero-order valence-corrected chi connectivity index (χ0v) is 29.9. The topological polar surface area (TPSA) is 105 Å². The Morgan fingerprint density at radius 1 is 0.444 bits per heavy atom. The average Bonchev–Trinajstić information content (AvgIpc) is 3.00. The predicted octanol–water partition coefficient (Wildman–Crippen LogP) is 9.30. The van der Waals surface area contributed by atoms with Crippen LogP contribution in [0.4, 0.5) is 0 Å². The van der Waals surface area contributed by atoms with Crippen molar-refractivity contribution in [3.8, 4) is 0 Å². The fourth-order valence-corrected chi connectivity index (χ4v) is 4.92. The van der Waals surface area contributed by atoms with Crippen molar-refractivity contribution in [3.05, 3.63) is 0 Å². The lowest BCUT2D eigenvalue weighted by Crippen LogP contribution is -2.33. The van der Waals surface area contributed by atoms with E-state index < -0.39 is 5.41 Å². The van der Waals surface area contributed by atoms with Gasteiger partial charge in [0.15, 0.2) is 0 Å². The molecule has 0 saturated carbocycles. The van der Waals surface area contributed by atoms with Gasteiger partial charge in [0.2, 0.25) is 0 Å². The molecule has 0 aromatic rings. The second-order valence-corrected chi connectivity index (χ2v) is 13.6. The molecule has 0 N–H and O–H groups in total. The van der Waals surface area contributed by atoms with Gasteiger partial charge in [0, 0.05) is 31.1 Å². The molecule has 264 valence electrons. The normalized spacial score (nSPS) is 11.6. The number of unbranched alkanes of at least 4 members (excludes halogenated alkanes) is 8. The molecule has 0 aliphatic carbocycles. The highest BCUT2D eigenvalue weighted by Gasteiger charge is 2.30. The minimum atomic E-state index is -0.392. The Hall–Kier alpha value is -2.12. The summed E-state index contributed by atoms with van der Waals surface area (Å²) in [5.74, 6) is 0.640. The summed E-state index contributed by atoms with van der Waals surface area (Å²) in [6, 6.07) is 0. The van der Waals surface area contributed by atoms with Gasteiger partial charge in [-0.1, -0.05) is 80.1 Å². The van der Waals surface area contributed by atoms with Gasteiger partial charge in [0.25, 0.3) is 0 Å². The standard InChI is InChI=1S/C37H68O8/c1-7-37(8-2,29-44-35(40)25-17-11-19-27-42-33(38)23-15-9-13-21-31(3)4)30-45-36(41)26-18-12-20-28-43-34(39)24-16-10-14-22-32(5)6/h31-32H,7-30H2,1-6H3. The highest BCUT2D eigenvalue weighted by molar-refractivity contribution is 5.70. The van der Waals surface area contributed by atoms with Crippen LogP contribution in [0, 0.1) is 17.3 Å². The zero-order valence-electron chi connectivity index (χ0n) is 29.9. The Morgan fingerprint density at radius 3 is 1.07 bits per heavy atom. The van der Waals surface area contributed by atoms with Gasteiger partial charge in [0.1, 0.15) is 13.2 Å². The van der Waals surface area contributed by atoms with Crippen LogP contribution in [0.2, 0.25) is 0 Å². The summed E-state index contributed by atoms with van der Waals surface area (Å²) in [4.78, 5) is 48.3. The van der Waals surface area contributed by atoms with Crippen molar-refractivity contribution in [2.75, 3.05) is 26.4 Å². The van der Waals surface area contributed by atoms with E-state index in [9.17, 15) is 19.2 Å². The number of esters is 4. The number of hydrogen-bond acceptors (Lipinski definition) is 8. The van der Waals surface area contributed by atoms with Crippen LogP contribution in [0.25, 0.3) is 0 Å². The summed E-state index contributed by atoms with van der Waals surface area (Å²) < 4.78 is 21.8. The van der Waals surface area contributed by atoms with Gasteiger partial charge in [-0.2, -0.15) is 0 Å². The summed E-state index contributed by atoms with van der Waals surface area (Å²) >= 11 is 0. The number of rotatable bonds is 30. The lowest BCUT2D eigenvalue weighted by Gasteiger charge is -2.30. The smallest absolute Gasteiger partial charge is 0.305 e. The molecule has 0 aromatic carbocycles. The SMILES string of the molecule is CCC(CC)(COC(=O)CCCCCOC(=O)CCCCCC(C)C)COC(=O)CCCCCOC(=O)CCCCCC(C)C. The first-order valence-electron chi connectivity index (χ1n) is 18.2. The van der Waals surface area contributed by atoms with Crippen molar-refractivity contribution < 1.29 is 38.1 Å². The molecule has 0 aliphatic rings. The number of ether oxygens (including phenoxy) is 4. The lowest BCUT2D eigenvalue weighted by molar-refractivity contribution is -0.155. The molecule has 8 nitrogen and oxygen atoms in total. The molecule has 0 amide bonds. The maximum Gasteiger partial charge on any atom is 0.305 e. The quantitative estimate of drug-likeness (QED) is 0.0434. The van der Waals surface area contributed by atoms with E-state index in [0.29, 0.717) is 63.6 Å². The Balaban J connectivity index is 3.95. The monoisotopic (exact) mass is 640 g/mol. The molecule has 0 unspecified atom stereocenters. The first-order chi connectivity index (χ1) is 21.5. The van der Waals surface area contributed by atoms with Crippen molar-refractivity contribution in [3.63, 3.8) is 0 Å². The molecule has 0 fully saturated rings. The van der Waals surface area contributed by atoms with Crippen LogP contribution in [-0.4, -0.2) is 50.3 Å². The third-order valence-electron chi connectivity index (χ3n) is 8.48. The van der Waals surface area contributed by atoms with Crippen LogP contribution in [0.5, 0.6) is 0 Å². The lowest BCUT2D eigenvalue weighted by atomic mass is 9.84. The Kier molecular flexibility index (Phi) is 26.8. The maximum absolute atomic E-state index is 12.3. The summed E-state index contributed by atoms with van der Waals surface area (Å²) in [7, 11) is 0. The molecule has 0 aromatic heterocycles. The summed E-state index contributed by atoms with van der Waals surface area (Å²) in [6.07, 6.45) is 16.1. The molecule has 0 bridgehead atoms. The van der Waals surface area contributed by atoms with Crippen molar-refractivity contribution in [1.82, 2.24) is 0 Å². The second kappa shape index (κ2) is 28.1. The Morgan fingerprint density at radius 2 is 0.756 bits per heavy atom. The van der Waals surface area contributed by atoms with Gasteiger partial charge >= 0.3 is 23.9 Å². The van der Waals surface area contributed by atoms with Crippen LogP contribution in [0.15, 0.2) is 0 Å². The first kappa shape index (κ1) is 42.9. The van der Waals surface area contributed by atoms with Crippen LogP contribution in [0.1, 0.15) is 170 Å². The third-order valence-corrected chi connectivity index (χ3v) is 8.48. The van der Waals surface area contributed by atoms with Crippen molar-refractivity contribution in [2.45, 2.75) is 170 Å². The van der Waals surface area contributed by atoms with Gasteiger partial charge < -0.3 is 18.9 Å². The molecule has 8 heteroatoms. The van der Waals surface area contributed by atoms with E-state index in [1.54, 1.807) is 0 Å². The molecular weight excluding hydrogens is 572 g/mol. The highest BCUT2D eigenvalue weighted by atomic mass is 16.6. The Bertz CT molecular complexity index is 712. The highest BCUT2D eigenvalue weighted by Crippen LogP contribution is 2.28. The molecule has 0 heterocycles. The van der Waals surface area contributed by atoms with Crippen molar-refractivity contribution >= 4 is 23.9 Å². The van der Waals surface area contributed by atoms with E-state index in [-0.39, 0.29) is 37.1 Å². The van der Waals surface area contributed by atoms with Gasteiger partial charge in [-0.15, -0.1) is 0 Å². The number of hydrogen-bond donors (Lipinski definition) is 0. The molecule has 0 rings (SSSR count). The largest absolute Gasteiger partial charge is 0.466 e. The van der Waals surface area contributed by atoms with Crippen molar-refractivity contribution in [2.24, 2.45) is 17.3 Å². The second-order valence-electron chi connectivity index (χ2n) is 13.6. The Labute approximate surface area is 275 Å². The molecule has 0 aliphatic heterocycles. The van der Waals surface area contributed by atoms with Gasteiger partial charge in [-0.05, 0) is 76.0 Å². The third kappa shape index (κ3) is 26.8. The van der Waals surface area contributed by atoms with Crippen LogP contribution in [0.3, 0.4) is 0 Å². The van der Waals surface area contributed by atoms with E-state index >= 15 is 0 Å². The molecule has 0 saturated heterocycles. The van der Waals surface area contributed by atoms with Crippen LogP contribution < -0.4 is 0 Å². The van der Waals surface area contributed by atoms with Gasteiger partial charge in [0.05, 0.1) is 13.2 Å². The fraction of sp³-hybridized carbons (Fsp3) is 0.892. The zero-order chi connectivity index (χ0) is 33.8. The van der Waals surface area contributed by atoms with Crippen LogP contribution in [-0.2, 0) is 38.1 Å². The van der Waals surface area contributed by atoms with Crippen LogP contribution >= 0.6 is 0 Å². The van der Waals surface area contributed by atoms with E-state index in [1.807, 2.05) is 13.8 Å². The van der Waals surface area contributed by atoms with E-state index in [0.717, 1.165) is 77.0 Å². The minimum Gasteiger partial charge on any atom is -0.466 e. The summed E-state index contributed by atoms with van der Waals surface area (Å²) in [5.41, 5.74) is -0.392. The average molecular weight is 641 g/mol. The fourth-order valence-electron chi connectivity index (χ4n) is 4.92. The number of carbonyl (C=O) groups is 4. The van der Waals surface area contributed by atoms with Gasteiger partial charge in [-0.3, -0.25) is 19.2 Å². The van der Waals surface area contributed by atoms with E-state index in [1.165, 1.54) is 12.8 Å². The van der Waals surface area contributed by atoms with E-state index in [4.69, 9.17) is 18.9 Å². The molecule has 0 atom stereocenters. The maximum atomic E-state index is 12.3. The number of carbonyl (C=O) groups excluding carboxylic acids is 4. The predicted molar refractivity (Wildman–Crippen MR) is 180 cm³/mol. The van der Waals surface area contributed by atoms with Crippen molar-refractivity contribution in [1.29, 1.82) is 0 Å². The van der Waals surface area contributed by atoms with Gasteiger partial charge in [-0.25, -0.2) is 0 Å². The van der Waals surface area contributed by atoms with E-state index in [2.05, 4.69) is 27.7 Å². The molecule has 0 radical (unpaired) electrons.